The zero-order valence-corrected chi connectivity index (χ0v) is 26.3. The third-order valence-corrected chi connectivity index (χ3v) is 7.17. The fraction of sp³-hybridized carbons (Fsp3) is 0.424. The van der Waals surface area contributed by atoms with Crippen molar-refractivity contribution in [2.45, 2.75) is 66.6 Å². The lowest BCUT2D eigenvalue weighted by Crippen LogP contribution is -2.33. The van der Waals surface area contributed by atoms with Gasteiger partial charge in [-0.1, -0.05) is 100 Å². The Morgan fingerprint density at radius 3 is 2.05 bits per heavy atom. The van der Waals surface area contributed by atoms with Crippen LogP contribution in [0, 0.1) is 5.92 Å². The molecule has 0 saturated carbocycles. The Bertz CT molecular complexity index is 1010. The lowest BCUT2D eigenvalue weighted by Gasteiger charge is -2.28. The van der Waals surface area contributed by atoms with Gasteiger partial charge in [-0.15, -0.1) is 18.1 Å². The summed E-state index contributed by atoms with van der Waals surface area (Å²) in [5, 5.41) is 0. The maximum atomic E-state index is 5.52. The maximum absolute atomic E-state index is 5.52. The lowest BCUT2D eigenvalue weighted by atomic mass is 9.91. The summed E-state index contributed by atoms with van der Waals surface area (Å²) in [6, 6.07) is 18.8. The van der Waals surface area contributed by atoms with Gasteiger partial charge in [-0.2, -0.15) is 0 Å². The molecule has 2 unspecified atom stereocenters. The van der Waals surface area contributed by atoms with Gasteiger partial charge in [0.1, 0.15) is 5.75 Å². The van der Waals surface area contributed by atoms with E-state index >= 15 is 0 Å². The second-order valence-electron chi connectivity index (χ2n) is 9.84. The molecule has 0 bridgehead atoms. The second kappa shape index (κ2) is 18.3. The summed E-state index contributed by atoms with van der Waals surface area (Å²) in [5.74, 6) is 3.80. The number of rotatable bonds is 13. The monoisotopic (exact) mass is 537 g/mol. The van der Waals surface area contributed by atoms with E-state index < -0.39 is 0 Å². The Kier molecular flexibility index (Phi) is 16.3. The highest BCUT2D eigenvalue weighted by molar-refractivity contribution is 7.19. The van der Waals surface area contributed by atoms with Gasteiger partial charge in [0.15, 0.2) is 0 Å². The van der Waals surface area contributed by atoms with Crippen molar-refractivity contribution in [2.75, 3.05) is 20.2 Å². The predicted molar refractivity (Wildman–Crippen MR) is 174 cm³/mol. The molecule has 2 atom stereocenters. The van der Waals surface area contributed by atoms with E-state index in [-0.39, 0.29) is 0 Å². The first kappa shape index (κ1) is 33.0. The van der Waals surface area contributed by atoms with Crippen LogP contribution in [0.1, 0.15) is 65.5 Å². The van der Waals surface area contributed by atoms with E-state index in [1.165, 1.54) is 37.1 Å². The molecule has 0 fully saturated rings. The number of hydrogen-bond acceptors (Lipinski definition) is 2. The Morgan fingerprint density at radius 1 is 1.00 bits per heavy atom. The maximum Gasteiger partial charge on any atom is 0.126 e. The van der Waals surface area contributed by atoms with Crippen molar-refractivity contribution < 1.29 is 4.74 Å². The van der Waals surface area contributed by atoms with Crippen LogP contribution in [0.2, 0.25) is 0 Å². The predicted octanol–water partition coefficient (Wildman–Crippen LogP) is 9.12. The molecular weight excluding hydrogens is 488 g/mol. The quantitative estimate of drug-likeness (QED) is 0.187. The summed E-state index contributed by atoms with van der Waals surface area (Å²) >= 11 is 0. The summed E-state index contributed by atoms with van der Waals surface area (Å²) in [4.78, 5) is 2.57. The van der Waals surface area contributed by atoms with Gasteiger partial charge in [0.25, 0.3) is 0 Å². The lowest BCUT2D eigenvalue weighted by molar-refractivity contribution is 0.255. The molecule has 2 aromatic rings. The first-order valence-corrected chi connectivity index (χ1v) is 14.7. The number of para-hydroxylation sites is 1. The van der Waals surface area contributed by atoms with Crippen molar-refractivity contribution in [3.63, 3.8) is 0 Å². The topological polar surface area (TPSA) is 12.5 Å². The molecule has 0 aliphatic carbocycles. The van der Waals surface area contributed by atoms with Crippen molar-refractivity contribution in [3.8, 4) is 5.75 Å². The van der Waals surface area contributed by atoms with Crippen molar-refractivity contribution in [1.82, 2.24) is 4.90 Å². The minimum Gasteiger partial charge on any atom is -0.496 e. The average Bonchev–Trinajstić information content (AvgIpc) is 2.89. The van der Waals surface area contributed by atoms with E-state index in [0.717, 1.165) is 34.5 Å². The van der Waals surface area contributed by atoms with E-state index in [1.807, 2.05) is 24.0 Å². The molecule has 0 heterocycles. The third-order valence-electron chi connectivity index (χ3n) is 6.22. The van der Waals surface area contributed by atoms with Crippen LogP contribution in [-0.4, -0.2) is 36.7 Å². The molecule has 0 N–H and O–H groups in total. The van der Waals surface area contributed by atoms with Gasteiger partial charge in [0.05, 0.1) is 7.11 Å². The number of benzene rings is 2. The van der Waals surface area contributed by atoms with Crippen LogP contribution in [0.3, 0.4) is 0 Å². The molecule has 4 heteroatoms. The molecule has 0 saturated heterocycles. The molecule has 0 aromatic heterocycles. The van der Waals surface area contributed by atoms with Crippen LogP contribution < -0.4 is 4.74 Å². The molecule has 0 amide bonds. The molecule has 0 aliphatic heterocycles. The van der Waals surface area contributed by atoms with Crippen molar-refractivity contribution in [3.05, 3.63) is 95.1 Å². The fourth-order valence-corrected chi connectivity index (χ4v) is 5.03. The number of hydrogen-bond donors (Lipinski definition) is 0. The Morgan fingerprint density at radius 2 is 1.57 bits per heavy atom. The summed E-state index contributed by atoms with van der Waals surface area (Å²) < 4.78 is 5.52. The van der Waals surface area contributed by atoms with E-state index in [0.29, 0.717) is 11.7 Å². The molecular formula is C33H49NOP2. The second-order valence-corrected chi connectivity index (χ2v) is 10.9. The molecule has 2 nitrogen and oxygen atoms in total. The molecule has 2 rings (SSSR count). The summed E-state index contributed by atoms with van der Waals surface area (Å²) in [6.45, 7) is 19.6. The fourth-order valence-electron chi connectivity index (χ4n) is 4.01. The van der Waals surface area contributed by atoms with Crippen LogP contribution in [0.15, 0.2) is 84.0 Å². The highest BCUT2D eigenvalue weighted by Crippen LogP contribution is 2.33. The smallest absolute Gasteiger partial charge is 0.126 e. The Labute approximate surface area is 232 Å². The summed E-state index contributed by atoms with van der Waals surface area (Å²) in [5.41, 5.74) is 7.12. The van der Waals surface area contributed by atoms with Gasteiger partial charge in [0, 0.05) is 11.3 Å². The van der Waals surface area contributed by atoms with Crippen molar-refractivity contribution in [1.29, 1.82) is 0 Å². The highest BCUT2D eigenvalue weighted by Gasteiger charge is 2.14. The number of methoxy groups -OCH3 is 1. The van der Waals surface area contributed by atoms with Crippen LogP contribution in [0.5, 0.6) is 5.75 Å². The van der Waals surface area contributed by atoms with Gasteiger partial charge < -0.3 is 4.74 Å². The van der Waals surface area contributed by atoms with E-state index in [2.05, 4.69) is 114 Å². The summed E-state index contributed by atoms with van der Waals surface area (Å²) in [7, 11) is 8.24. The Balaban J connectivity index is 0.000000384. The molecule has 0 spiro atoms. The highest BCUT2D eigenvalue weighted by atomic mass is 31.0. The van der Waals surface area contributed by atoms with Crippen LogP contribution >= 0.6 is 18.1 Å². The molecule has 202 valence electrons. The van der Waals surface area contributed by atoms with Crippen LogP contribution in [0.4, 0.5) is 0 Å². The zero-order chi connectivity index (χ0) is 27.8. The van der Waals surface area contributed by atoms with Crippen LogP contribution in [0.25, 0.3) is 5.57 Å². The van der Waals surface area contributed by atoms with Crippen molar-refractivity contribution in [2.24, 2.45) is 5.92 Å². The molecule has 0 aliphatic rings. The molecule has 37 heavy (non-hydrogen) atoms. The normalized spacial score (nSPS) is 12.0. The van der Waals surface area contributed by atoms with Gasteiger partial charge >= 0.3 is 0 Å². The van der Waals surface area contributed by atoms with Gasteiger partial charge in [-0.05, 0) is 80.7 Å². The van der Waals surface area contributed by atoms with Gasteiger partial charge in [-0.3, -0.25) is 4.90 Å². The Hall–Kier alpha value is -1.98. The molecule has 2 aromatic carbocycles. The van der Waals surface area contributed by atoms with Crippen LogP contribution in [-0.2, 0) is 6.42 Å². The first-order chi connectivity index (χ1) is 17.7. The van der Waals surface area contributed by atoms with E-state index in [1.54, 1.807) is 7.11 Å². The largest absolute Gasteiger partial charge is 0.496 e. The van der Waals surface area contributed by atoms with E-state index in [4.69, 9.17) is 4.74 Å². The minimum absolute atomic E-state index is 0.405. The average molecular weight is 538 g/mol. The number of ether oxygens (including phenoxy) is 1. The SMILES string of the molecule is C=C(/C=C(\C(C=P)=C(C)C)c1ccccc1OC)C(C)C.CCCN(CCC)C(P)Cc1ccccc1. The number of allylic oxidation sites excluding steroid dienone is 5. The first-order valence-electron chi connectivity index (χ1n) is 13.5. The van der Waals surface area contributed by atoms with E-state index in [9.17, 15) is 0 Å². The standard InChI is InChI=1S/C19H25OP.C14H24NP/c1-13(2)15(5)11-17(18(12-21)14(3)4)16-9-7-8-10-19(16)20-6;1-3-10-15(11-4-2)14(16)12-13-8-6-5-7-9-13/h7-13,21H,5H2,1-4,6H3;5-9,14H,3-4,10-12,16H2,1-2H3/b17-11-;. The van der Waals surface area contributed by atoms with Gasteiger partial charge in [-0.25, -0.2) is 0 Å². The van der Waals surface area contributed by atoms with Crippen molar-refractivity contribution >= 4 is 29.5 Å². The number of nitrogens with zero attached hydrogens (tertiary/aromatic N) is 1. The summed E-state index contributed by atoms with van der Waals surface area (Å²) in [6.07, 6.45) is 5.76. The third kappa shape index (κ3) is 11.5. The minimum atomic E-state index is 0.405. The zero-order valence-electron chi connectivity index (χ0n) is 24.2. The molecule has 0 radical (unpaired) electrons. The van der Waals surface area contributed by atoms with Gasteiger partial charge in [0.2, 0.25) is 0 Å².